The molecule has 1 unspecified atom stereocenters. The Balaban J connectivity index is 2.74. The fraction of sp³-hybridized carbons (Fsp3) is 0.500. The molecule has 0 bridgehead atoms. The topological polar surface area (TPSA) is 52.3 Å². The summed E-state index contributed by atoms with van der Waals surface area (Å²) in [6.45, 7) is 7.98. The molecule has 1 rings (SSSR count). The number of carbonyl (C=O) groups is 1. The van der Waals surface area contributed by atoms with E-state index in [1.807, 2.05) is 52.0 Å². The third-order valence-electron chi connectivity index (χ3n) is 2.48. The summed E-state index contributed by atoms with van der Waals surface area (Å²) in [7, 11) is 0. The summed E-state index contributed by atoms with van der Waals surface area (Å²) in [4.78, 5) is 11.9. The molecule has 3 heteroatoms. The minimum Gasteiger partial charge on any atom is -0.460 e. The second-order valence-electron chi connectivity index (χ2n) is 5.20. The Bertz CT molecular complexity index is 376. The SMILES string of the molecule is CC(C(=O)OC(C)(C)C)c1ccc(CN)cc1. The van der Waals surface area contributed by atoms with E-state index in [2.05, 4.69) is 0 Å². The predicted molar refractivity (Wildman–Crippen MR) is 68.6 cm³/mol. The summed E-state index contributed by atoms with van der Waals surface area (Å²) in [6, 6.07) is 7.74. The fourth-order valence-electron chi connectivity index (χ4n) is 1.47. The van der Waals surface area contributed by atoms with Crippen molar-refractivity contribution in [1.29, 1.82) is 0 Å². The van der Waals surface area contributed by atoms with Gasteiger partial charge in [-0.25, -0.2) is 0 Å². The van der Waals surface area contributed by atoms with Crippen LogP contribution in [0.5, 0.6) is 0 Å². The molecule has 0 heterocycles. The van der Waals surface area contributed by atoms with Gasteiger partial charge < -0.3 is 10.5 Å². The van der Waals surface area contributed by atoms with Gasteiger partial charge in [-0.05, 0) is 38.8 Å². The van der Waals surface area contributed by atoms with Crippen LogP contribution in [0.3, 0.4) is 0 Å². The number of hydrogen-bond acceptors (Lipinski definition) is 3. The van der Waals surface area contributed by atoms with Gasteiger partial charge >= 0.3 is 5.97 Å². The number of rotatable bonds is 3. The zero-order valence-corrected chi connectivity index (χ0v) is 11.0. The van der Waals surface area contributed by atoms with E-state index < -0.39 is 5.60 Å². The second-order valence-corrected chi connectivity index (χ2v) is 5.20. The van der Waals surface area contributed by atoms with Crippen molar-refractivity contribution in [3.05, 3.63) is 35.4 Å². The van der Waals surface area contributed by atoms with Crippen LogP contribution in [0.1, 0.15) is 44.7 Å². The summed E-state index contributed by atoms with van der Waals surface area (Å²) in [5.41, 5.74) is 7.10. The lowest BCUT2D eigenvalue weighted by Gasteiger charge is -2.22. The molecule has 0 aliphatic rings. The molecule has 94 valence electrons. The van der Waals surface area contributed by atoms with Crippen LogP contribution >= 0.6 is 0 Å². The predicted octanol–water partition coefficient (Wildman–Crippen LogP) is 2.59. The molecule has 3 nitrogen and oxygen atoms in total. The summed E-state index contributed by atoms with van der Waals surface area (Å²) in [5.74, 6) is -0.445. The summed E-state index contributed by atoms with van der Waals surface area (Å²) in [6.07, 6.45) is 0. The molecular formula is C14H21NO2. The first kappa shape index (κ1) is 13.7. The molecule has 2 N–H and O–H groups in total. The first-order chi connectivity index (χ1) is 7.83. The Hall–Kier alpha value is -1.35. The molecule has 0 radical (unpaired) electrons. The van der Waals surface area contributed by atoms with Gasteiger partial charge in [-0.2, -0.15) is 0 Å². The van der Waals surface area contributed by atoms with Crippen molar-refractivity contribution in [3.8, 4) is 0 Å². The Morgan fingerprint density at radius 1 is 1.29 bits per heavy atom. The van der Waals surface area contributed by atoms with Crippen molar-refractivity contribution < 1.29 is 9.53 Å². The number of ether oxygens (including phenoxy) is 1. The highest BCUT2D eigenvalue weighted by atomic mass is 16.6. The van der Waals surface area contributed by atoms with E-state index in [-0.39, 0.29) is 11.9 Å². The van der Waals surface area contributed by atoms with Gasteiger partial charge in [-0.15, -0.1) is 0 Å². The van der Waals surface area contributed by atoms with Crippen LogP contribution in [0.4, 0.5) is 0 Å². The Morgan fingerprint density at radius 3 is 2.24 bits per heavy atom. The van der Waals surface area contributed by atoms with Gasteiger partial charge in [0.15, 0.2) is 0 Å². The molecule has 0 fully saturated rings. The number of nitrogens with two attached hydrogens (primary N) is 1. The van der Waals surface area contributed by atoms with Crippen LogP contribution in [-0.2, 0) is 16.1 Å². The Labute approximate surface area is 103 Å². The summed E-state index contributed by atoms with van der Waals surface area (Å²) >= 11 is 0. The quantitative estimate of drug-likeness (QED) is 0.819. The van der Waals surface area contributed by atoms with Crippen molar-refractivity contribution in [1.82, 2.24) is 0 Å². The van der Waals surface area contributed by atoms with Crippen LogP contribution in [0.15, 0.2) is 24.3 Å². The van der Waals surface area contributed by atoms with Gasteiger partial charge in [0.2, 0.25) is 0 Å². The maximum Gasteiger partial charge on any atom is 0.313 e. The summed E-state index contributed by atoms with van der Waals surface area (Å²) < 4.78 is 5.35. The van der Waals surface area contributed by atoms with E-state index in [1.165, 1.54) is 0 Å². The van der Waals surface area contributed by atoms with Crippen molar-refractivity contribution in [2.45, 2.75) is 45.8 Å². The molecule has 0 saturated carbocycles. The van der Waals surface area contributed by atoms with Gasteiger partial charge in [-0.1, -0.05) is 24.3 Å². The highest BCUT2D eigenvalue weighted by Crippen LogP contribution is 2.20. The van der Waals surface area contributed by atoms with E-state index in [4.69, 9.17) is 10.5 Å². The van der Waals surface area contributed by atoms with Gasteiger partial charge in [0.25, 0.3) is 0 Å². The Morgan fingerprint density at radius 2 is 1.82 bits per heavy atom. The van der Waals surface area contributed by atoms with Crippen LogP contribution in [0.2, 0.25) is 0 Å². The standard InChI is InChI=1S/C14H21NO2/c1-10(13(16)17-14(2,3)4)12-7-5-11(9-15)6-8-12/h5-8,10H,9,15H2,1-4H3. The Kier molecular flexibility index (Phi) is 4.29. The molecule has 0 aliphatic carbocycles. The van der Waals surface area contributed by atoms with Crippen molar-refractivity contribution in [2.24, 2.45) is 5.73 Å². The third-order valence-corrected chi connectivity index (χ3v) is 2.48. The maximum absolute atomic E-state index is 11.9. The average molecular weight is 235 g/mol. The number of hydrogen-bond donors (Lipinski definition) is 1. The molecule has 0 spiro atoms. The smallest absolute Gasteiger partial charge is 0.313 e. The molecule has 0 aliphatic heterocycles. The molecule has 0 aromatic heterocycles. The largest absolute Gasteiger partial charge is 0.460 e. The minimum absolute atomic E-state index is 0.196. The van der Waals surface area contributed by atoms with Crippen molar-refractivity contribution in [3.63, 3.8) is 0 Å². The van der Waals surface area contributed by atoms with Gasteiger partial charge in [-0.3, -0.25) is 4.79 Å². The zero-order chi connectivity index (χ0) is 13.1. The molecule has 0 saturated heterocycles. The van der Waals surface area contributed by atoms with Crippen molar-refractivity contribution in [2.75, 3.05) is 0 Å². The molecular weight excluding hydrogens is 214 g/mol. The minimum atomic E-state index is -0.442. The van der Waals surface area contributed by atoms with Crippen LogP contribution in [0, 0.1) is 0 Å². The number of benzene rings is 1. The first-order valence-electron chi connectivity index (χ1n) is 5.85. The lowest BCUT2D eigenvalue weighted by molar-refractivity contribution is -0.156. The van der Waals surface area contributed by atoms with E-state index in [0.29, 0.717) is 6.54 Å². The molecule has 1 atom stereocenters. The highest BCUT2D eigenvalue weighted by Gasteiger charge is 2.22. The van der Waals surface area contributed by atoms with Crippen LogP contribution < -0.4 is 5.73 Å². The first-order valence-corrected chi connectivity index (χ1v) is 5.85. The molecule has 1 aromatic rings. The monoisotopic (exact) mass is 235 g/mol. The molecule has 1 aromatic carbocycles. The van der Waals surface area contributed by atoms with E-state index in [9.17, 15) is 4.79 Å². The van der Waals surface area contributed by atoms with Gasteiger partial charge in [0, 0.05) is 6.54 Å². The second kappa shape index (κ2) is 5.32. The fourth-order valence-corrected chi connectivity index (χ4v) is 1.47. The zero-order valence-electron chi connectivity index (χ0n) is 11.0. The average Bonchev–Trinajstić information content (AvgIpc) is 2.26. The van der Waals surface area contributed by atoms with Crippen LogP contribution in [-0.4, -0.2) is 11.6 Å². The number of carbonyl (C=O) groups excluding carboxylic acids is 1. The molecule has 0 amide bonds. The van der Waals surface area contributed by atoms with Gasteiger partial charge in [0.05, 0.1) is 5.92 Å². The van der Waals surface area contributed by atoms with Crippen LogP contribution in [0.25, 0.3) is 0 Å². The lowest BCUT2D eigenvalue weighted by atomic mass is 9.99. The van der Waals surface area contributed by atoms with E-state index in [1.54, 1.807) is 0 Å². The summed E-state index contributed by atoms with van der Waals surface area (Å²) in [5, 5.41) is 0. The molecule has 17 heavy (non-hydrogen) atoms. The van der Waals surface area contributed by atoms with Gasteiger partial charge in [0.1, 0.15) is 5.60 Å². The maximum atomic E-state index is 11.9. The lowest BCUT2D eigenvalue weighted by Crippen LogP contribution is -2.26. The third kappa shape index (κ3) is 4.19. The normalized spacial score (nSPS) is 13.2. The van der Waals surface area contributed by atoms with E-state index >= 15 is 0 Å². The highest BCUT2D eigenvalue weighted by molar-refractivity contribution is 5.78. The number of esters is 1. The van der Waals surface area contributed by atoms with E-state index in [0.717, 1.165) is 11.1 Å². The van der Waals surface area contributed by atoms with Crippen molar-refractivity contribution >= 4 is 5.97 Å².